The molecule has 0 saturated heterocycles. The number of halogens is 3. The SMILES string of the molecule is O=C(NOC(COCC(F)(F)F)[C@@H]1COc2cccc(-c3cnc(C4CC4)nc3)c2C1)c1cccnc1. The highest BCUT2D eigenvalue weighted by atomic mass is 19.4. The van der Waals surface area contributed by atoms with Gasteiger partial charge in [0.05, 0.1) is 18.8 Å². The number of pyridine rings is 1. The van der Waals surface area contributed by atoms with Gasteiger partial charge in [-0.15, -0.1) is 0 Å². The molecular weight excluding hydrogens is 489 g/mol. The molecule has 3 aromatic rings. The number of hydroxylamine groups is 1. The van der Waals surface area contributed by atoms with Crippen molar-refractivity contribution < 1.29 is 32.3 Å². The Labute approximate surface area is 211 Å². The molecule has 11 heteroatoms. The molecular formula is C26H25F3N4O4. The van der Waals surface area contributed by atoms with Gasteiger partial charge in [0.15, 0.2) is 0 Å². The molecule has 2 atom stereocenters. The highest BCUT2D eigenvalue weighted by molar-refractivity contribution is 5.93. The monoisotopic (exact) mass is 514 g/mol. The van der Waals surface area contributed by atoms with Crippen LogP contribution >= 0.6 is 0 Å². The van der Waals surface area contributed by atoms with Crippen molar-refractivity contribution in [3.63, 3.8) is 0 Å². The molecule has 1 aliphatic heterocycles. The number of nitrogens with one attached hydrogen (secondary N) is 1. The predicted octanol–water partition coefficient (Wildman–Crippen LogP) is 4.28. The quantitative estimate of drug-likeness (QED) is 0.426. The average Bonchev–Trinajstić information content (AvgIpc) is 3.75. The lowest BCUT2D eigenvalue weighted by molar-refractivity contribution is -0.187. The van der Waals surface area contributed by atoms with Crippen molar-refractivity contribution in [2.24, 2.45) is 5.92 Å². The van der Waals surface area contributed by atoms with Crippen LogP contribution in [0, 0.1) is 5.92 Å². The van der Waals surface area contributed by atoms with Crippen molar-refractivity contribution in [2.75, 3.05) is 19.8 Å². The Bertz CT molecular complexity index is 1220. The van der Waals surface area contributed by atoms with Crippen LogP contribution in [-0.4, -0.2) is 53.0 Å². The minimum absolute atomic E-state index is 0.177. The van der Waals surface area contributed by atoms with Gasteiger partial charge in [0.25, 0.3) is 5.91 Å². The van der Waals surface area contributed by atoms with Crippen molar-refractivity contribution in [2.45, 2.75) is 37.5 Å². The second-order valence-electron chi connectivity index (χ2n) is 9.12. The molecule has 0 spiro atoms. The molecule has 5 rings (SSSR count). The fraction of sp³-hybridized carbons (Fsp3) is 0.385. The van der Waals surface area contributed by atoms with E-state index < -0.39 is 37.3 Å². The maximum Gasteiger partial charge on any atom is 0.411 e. The van der Waals surface area contributed by atoms with E-state index in [0.29, 0.717) is 18.1 Å². The normalized spacial score (nSPS) is 18.0. The first-order valence-corrected chi connectivity index (χ1v) is 11.9. The van der Waals surface area contributed by atoms with Crippen LogP contribution in [-0.2, 0) is 16.0 Å². The summed E-state index contributed by atoms with van der Waals surface area (Å²) in [4.78, 5) is 30.9. The molecule has 1 aromatic carbocycles. The second-order valence-corrected chi connectivity index (χ2v) is 9.12. The zero-order valence-corrected chi connectivity index (χ0v) is 19.8. The summed E-state index contributed by atoms with van der Waals surface area (Å²) in [5, 5.41) is 0. The molecule has 1 unspecified atom stereocenters. The number of hydrogen-bond donors (Lipinski definition) is 1. The molecule has 3 heterocycles. The van der Waals surface area contributed by atoms with Gasteiger partial charge in [0.1, 0.15) is 24.3 Å². The predicted molar refractivity (Wildman–Crippen MR) is 126 cm³/mol. The maximum atomic E-state index is 12.7. The third-order valence-electron chi connectivity index (χ3n) is 6.28. The zero-order chi connectivity index (χ0) is 25.8. The van der Waals surface area contributed by atoms with E-state index in [-0.39, 0.29) is 12.2 Å². The van der Waals surface area contributed by atoms with Crippen LogP contribution in [0.5, 0.6) is 5.75 Å². The number of alkyl halides is 3. The molecule has 8 nitrogen and oxygen atoms in total. The van der Waals surface area contributed by atoms with Gasteiger partial charge in [-0.05, 0) is 43.0 Å². The van der Waals surface area contributed by atoms with Gasteiger partial charge in [-0.25, -0.2) is 15.4 Å². The zero-order valence-electron chi connectivity index (χ0n) is 19.8. The summed E-state index contributed by atoms with van der Waals surface area (Å²) in [5.41, 5.74) is 5.13. The topological polar surface area (TPSA) is 95.5 Å². The molecule has 0 bridgehead atoms. The minimum atomic E-state index is -4.49. The van der Waals surface area contributed by atoms with Crippen LogP contribution in [0.4, 0.5) is 13.2 Å². The lowest BCUT2D eigenvalue weighted by Crippen LogP contribution is -2.42. The second kappa shape index (κ2) is 10.8. The summed E-state index contributed by atoms with van der Waals surface area (Å²) in [6.45, 7) is -1.64. The first-order chi connectivity index (χ1) is 17.9. The first-order valence-electron chi connectivity index (χ1n) is 11.9. The molecule has 1 amide bonds. The van der Waals surface area contributed by atoms with Crippen molar-refractivity contribution in [3.8, 4) is 16.9 Å². The average molecular weight is 515 g/mol. The number of hydrogen-bond acceptors (Lipinski definition) is 7. The molecule has 0 radical (unpaired) electrons. The van der Waals surface area contributed by atoms with Crippen molar-refractivity contribution in [3.05, 3.63) is 72.1 Å². The van der Waals surface area contributed by atoms with E-state index in [1.54, 1.807) is 24.5 Å². The van der Waals surface area contributed by atoms with Crippen LogP contribution in [0.2, 0.25) is 0 Å². The van der Waals surface area contributed by atoms with Crippen molar-refractivity contribution >= 4 is 5.91 Å². The molecule has 1 fully saturated rings. The third-order valence-corrected chi connectivity index (χ3v) is 6.28. The minimum Gasteiger partial charge on any atom is -0.493 e. The fourth-order valence-electron chi connectivity index (χ4n) is 4.21. The molecule has 1 aliphatic carbocycles. The third kappa shape index (κ3) is 6.41. The molecule has 1 N–H and O–H groups in total. The van der Waals surface area contributed by atoms with Crippen molar-refractivity contribution in [1.82, 2.24) is 20.4 Å². The number of carbonyl (C=O) groups is 1. The number of nitrogens with zero attached hydrogens (tertiary/aromatic N) is 3. The standard InChI is InChI=1S/C26H25F3N4O4/c27-26(28,29)15-35-14-23(37-33-25(34)17-3-2-8-30-10-17)18-9-21-20(4-1-5-22(21)36-13-18)19-11-31-24(32-12-19)16-6-7-16/h1-5,8,10-12,16,18,23H,6-7,9,13-15H2,(H,33,34)/t18-,23?/m0/s1. The number of fused-ring (bicyclic) bond motifs is 1. The Morgan fingerprint density at radius 2 is 1.95 bits per heavy atom. The van der Waals surface area contributed by atoms with E-state index >= 15 is 0 Å². The van der Waals surface area contributed by atoms with E-state index in [0.717, 1.165) is 35.4 Å². The van der Waals surface area contributed by atoms with E-state index in [2.05, 4.69) is 20.4 Å². The fourth-order valence-corrected chi connectivity index (χ4v) is 4.21. The summed E-state index contributed by atoms with van der Waals surface area (Å²) in [6.07, 6.45) is 3.69. The maximum absolute atomic E-state index is 12.7. The summed E-state index contributed by atoms with van der Waals surface area (Å²) < 4.78 is 49.0. The van der Waals surface area contributed by atoms with Gasteiger partial charge in [-0.1, -0.05) is 12.1 Å². The summed E-state index contributed by atoms with van der Waals surface area (Å²) in [6, 6.07) is 8.78. The Hall–Kier alpha value is -3.57. The van der Waals surface area contributed by atoms with Crippen LogP contribution in [0.3, 0.4) is 0 Å². The number of rotatable bonds is 9. The van der Waals surface area contributed by atoms with Gasteiger partial charge in [0.2, 0.25) is 0 Å². The van der Waals surface area contributed by atoms with E-state index in [9.17, 15) is 18.0 Å². The number of aromatic nitrogens is 3. The van der Waals surface area contributed by atoms with E-state index in [4.69, 9.17) is 14.3 Å². The van der Waals surface area contributed by atoms with Crippen molar-refractivity contribution in [1.29, 1.82) is 0 Å². The molecule has 37 heavy (non-hydrogen) atoms. The number of carbonyl (C=O) groups excluding carboxylic acids is 1. The molecule has 1 saturated carbocycles. The first kappa shape index (κ1) is 25.1. The van der Waals surface area contributed by atoms with E-state index in [1.807, 2.05) is 18.2 Å². The lowest BCUT2D eigenvalue weighted by Gasteiger charge is -2.32. The molecule has 2 aromatic heterocycles. The van der Waals surface area contributed by atoms with Gasteiger partial charge in [0, 0.05) is 47.8 Å². The van der Waals surface area contributed by atoms with Gasteiger partial charge in [-0.3, -0.25) is 14.6 Å². The Balaban J connectivity index is 1.33. The van der Waals surface area contributed by atoms with Crippen LogP contribution < -0.4 is 10.2 Å². The summed E-state index contributed by atoms with van der Waals surface area (Å²) in [5.74, 6) is 0.974. The Morgan fingerprint density at radius 3 is 2.65 bits per heavy atom. The smallest absolute Gasteiger partial charge is 0.411 e. The van der Waals surface area contributed by atoms with E-state index in [1.165, 1.54) is 12.4 Å². The lowest BCUT2D eigenvalue weighted by atomic mass is 9.88. The van der Waals surface area contributed by atoms with Gasteiger partial charge >= 0.3 is 6.18 Å². The Morgan fingerprint density at radius 1 is 1.14 bits per heavy atom. The van der Waals surface area contributed by atoms with Gasteiger partial charge < -0.3 is 9.47 Å². The Kier molecular flexibility index (Phi) is 7.33. The van der Waals surface area contributed by atoms with Crippen LogP contribution in [0.15, 0.2) is 55.1 Å². The highest BCUT2D eigenvalue weighted by Gasteiger charge is 2.34. The molecule has 2 aliphatic rings. The summed E-state index contributed by atoms with van der Waals surface area (Å²) in [7, 11) is 0. The number of benzene rings is 1. The molecule has 194 valence electrons. The number of amides is 1. The van der Waals surface area contributed by atoms with Crippen LogP contribution in [0.1, 0.15) is 40.5 Å². The van der Waals surface area contributed by atoms with Crippen LogP contribution in [0.25, 0.3) is 11.1 Å². The summed E-state index contributed by atoms with van der Waals surface area (Å²) >= 11 is 0. The largest absolute Gasteiger partial charge is 0.493 e. The highest BCUT2D eigenvalue weighted by Crippen LogP contribution is 2.39. The number of ether oxygens (including phenoxy) is 2. The van der Waals surface area contributed by atoms with Gasteiger partial charge in [-0.2, -0.15) is 13.2 Å².